The molecule has 0 saturated heterocycles. The molecule has 45 heavy (non-hydrogen) atoms. The fourth-order valence-corrected chi connectivity index (χ4v) is 11.0. The van der Waals surface area contributed by atoms with Crippen LogP contribution in [0.15, 0.2) is 89.0 Å². The zero-order chi connectivity index (χ0) is 31.7. The van der Waals surface area contributed by atoms with Crippen molar-refractivity contribution in [2.75, 3.05) is 0 Å². The molecule has 9 rings (SSSR count). The average Bonchev–Trinajstić information content (AvgIpc) is 3.85. The molecule has 2 saturated carbocycles. The fourth-order valence-electron chi connectivity index (χ4n) is 11.0. The Morgan fingerprint density at radius 1 is 0.533 bits per heavy atom. The van der Waals surface area contributed by atoms with Crippen LogP contribution in [-0.4, -0.2) is 0 Å². The van der Waals surface area contributed by atoms with Crippen LogP contribution in [0.5, 0.6) is 0 Å². The first-order chi connectivity index (χ1) is 21.6. The van der Waals surface area contributed by atoms with E-state index in [-0.39, 0.29) is 0 Å². The summed E-state index contributed by atoms with van der Waals surface area (Å²) in [5.74, 6) is 6.21. The molecule has 6 bridgehead atoms. The van der Waals surface area contributed by atoms with Crippen LogP contribution in [0.2, 0.25) is 0 Å². The van der Waals surface area contributed by atoms with E-state index in [2.05, 4.69) is 129 Å². The second-order valence-electron chi connectivity index (χ2n) is 15.8. The molecule has 0 nitrogen and oxygen atoms in total. The molecule has 7 unspecified atom stereocenters. The molecule has 6 aliphatic rings. The largest absolute Gasteiger partial charge is 0.0760 e. The molecule has 2 fully saturated rings. The normalized spacial score (nSPS) is 28.4. The van der Waals surface area contributed by atoms with E-state index >= 15 is 0 Å². The highest BCUT2D eigenvalue weighted by Gasteiger charge is 2.47. The van der Waals surface area contributed by atoms with Crippen LogP contribution in [-0.2, 0) is 0 Å². The summed E-state index contributed by atoms with van der Waals surface area (Å²) in [6, 6.07) is 20.4. The van der Waals surface area contributed by atoms with Crippen molar-refractivity contribution in [2.24, 2.45) is 11.8 Å². The highest BCUT2D eigenvalue weighted by Crippen LogP contribution is 2.61. The van der Waals surface area contributed by atoms with Gasteiger partial charge >= 0.3 is 0 Å². The lowest BCUT2D eigenvalue weighted by Crippen LogP contribution is -2.11. The van der Waals surface area contributed by atoms with Gasteiger partial charge in [0.2, 0.25) is 0 Å². The van der Waals surface area contributed by atoms with Crippen LogP contribution in [0.4, 0.5) is 0 Å². The first-order valence-electron chi connectivity index (χ1n) is 17.9. The van der Waals surface area contributed by atoms with Gasteiger partial charge in [0.25, 0.3) is 0 Å². The van der Waals surface area contributed by atoms with Crippen molar-refractivity contribution in [1.82, 2.24) is 0 Å². The Kier molecular flexibility index (Phi) is 7.87. The van der Waals surface area contributed by atoms with Gasteiger partial charge in [-0.05, 0) is 153 Å². The summed E-state index contributed by atoms with van der Waals surface area (Å²) in [6.45, 7) is 20.6. The van der Waals surface area contributed by atoms with E-state index in [0.29, 0.717) is 11.8 Å². The lowest BCUT2D eigenvalue weighted by molar-refractivity contribution is 0.352. The molecule has 0 aromatic heterocycles. The zero-order valence-electron chi connectivity index (χ0n) is 29.3. The van der Waals surface area contributed by atoms with Gasteiger partial charge in [0, 0.05) is 23.7 Å². The molecule has 6 aliphatic carbocycles. The summed E-state index contributed by atoms with van der Waals surface area (Å²) in [5, 5.41) is 0. The minimum atomic E-state index is 0.579. The number of aryl methyl sites for hydroxylation is 3. The van der Waals surface area contributed by atoms with E-state index < -0.39 is 0 Å². The van der Waals surface area contributed by atoms with Crippen LogP contribution < -0.4 is 0 Å². The van der Waals surface area contributed by atoms with Crippen molar-refractivity contribution in [2.45, 2.75) is 124 Å². The van der Waals surface area contributed by atoms with Crippen molar-refractivity contribution in [3.05, 3.63) is 139 Å². The molecule has 3 aromatic rings. The average molecular weight is 595 g/mol. The number of allylic oxidation sites excluding steroid dienone is 6. The Labute approximate surface area is 273 Å². The molecular formula is C45H54. The molecule has 234 valence electrons. The molecular weight excluding hydrogens is 540 g/mol. The molecule has 0 N–H and O–H groups in total. The van der Waals surface area contributed by atoms with E-state index in [1.54, 1.807) is 50.1 Å². The minimum Gasteiger partial charge on any atom is -0.0760 e. The summed E-state index contributed by atoms with van der Waals surface area (Å²) in [5.41, 5.74) is 20.7. The molecule has 0 heterocycles. The Morgan fingerprint density at radius 2 is 1.07 bits per heavy atom. The zero-order valence-corrected chi connectivity index (χ0v) is 29.3. The first kappa shape index (κ1) is 30.5. The number of hydrogen-bond donors (Lipinski definition) is 0. The highest BCUT2D eigenvalue weighted by atomic mass is 14.5. The van der Waals surface area contributed by atoms with E-state index in [1.165, 1.54) is 47.9 Å². The van der Waals surface area contributed by atoms with Gasteiger partial charge < -0.3 is 0 Å². The van der Waals surface area contributed by atoms with Gasteiger partial charge in [-0.25, -0.2) is 0 Å². The highest BCUT2D eigenvalue weighted by molar-refractivity contribution is 5.62. The lowest BCUT2D eigenvalue weighted by atomic mass is 9.84. The van der Waals surface area contributed by atoms with Crippen LogP contribution in [0.3, 0.4) is 0 Å². The molecule has 0 radical (unpaired) electrons. The summed E-state index contributed by atoms with van der Waals surface area (Å²) in [6.07, 6.45) is 10.4. The van der Waals surface area contributed by atoms with E-state index in [4.69, 9.17) is 0 Å². The van der Waals surface area contributed by atoms with Crippen molar-refractivity contribution >= 4 is 0 Å². The van der Waals surface area contributed by atoms with Gasteiger partial charge in [-0.1, -0.05) is 97.3 Å². The molecule has 0 aliphatic heterocycles. The predicted molar refractivity (Wildman–Crippen MR) is 193 cm³/mol. The van der Waals surface area contributed by atoms with Crippen LogP contribution in [0.25, 0.3) is 0 Å². The van der Waals surface area contributed by atoms with Crippen LogP contribution in [0.1, 0.15) is 153 Å². The van der Waals surface area contributed by atoms with Gasteiger partial charge in [0.05, 0.1) is 0 Å². The second kappa shape index (κ2) is 11.6. The van der Waals surface area contributed by atoms with Crippen molar-refractivity contribution in [3.8, 4) is 0 Å². The smallest absolute Gasteiger partial charge is 0.0246 e. The molecule has 0 spiro atoms. The van der Waals surface area contributed by atoms with Gasteiger partial charge in [0.1, 0.15) is 0 Å². The fraction of sp³-hybridized carbons (Fsp3) is 0.467. The van der Waals surface area contributed by atoms with Crippen molar-refractivity contribution < 1.29 is 0 Å². The van der Waals surface area contributed by atoms with E-state index in [9.17, 15) is 0 Å². The quantitative estimate of drug-likeness (QED) is 0.246. The topological polar surface area (TPSA) is 0 Å². The minimum absolute atomic E-state index is 0.579. The van der Waals surface area contributed by atoms with Crippen LogP contribution >= 0.6 is 0 Å². The molecule has 7 atom stereocenters. The Bertz CT molecular complexity index is 1720. The molecule has 3 aromatic carbocycles. The third-order valence-corrected chi connectivity index (χ3v) is 12.5. The van der Waals surface area contributed by atoms with E-state index in [1.807, 2.05) is 0 Å². The maximum atomic E-state index is 2.40. The van der Waals surface area contributed by atoms with Crippen molar-refractivity contribution in [1.29, 1.82) is 0 Å². The van der Waals surface area contributed by atoms with Crippen LogP contribution in [0, 0.1) is 32.6 Å². The van der Waals surface area contributed by atoms with E-state index in [0.717, 1.165) is 35.5 Å². The third-order valence-electron chi connectivity index (χ3n) is 12.5. The summed E-state index contributed by atoms with van der Waals surface area (Å²) in [7, 11) is 0. The van der Waals surface area contributed by atoms with Gasteiger partial charge in [-0.3, -0.25) is 0 Å². The number of benzene rings is 3. The first-order valence-corrected chi connectivity index (χ1v) is 17.9. The standard InChI is InChI=1S/C15H20.C15H18.C15H16/c3*1-9(2)14-12-7-8-13(14)15-10(3)5-4-6-11(12)15/h4-6,9,12-14H,7-8H2,1-3H3;4-6,12-13H,7-8H2,1-3H3;4-8,12-13H,1-3H3. The SMILES string of the molecule is CC(C)=C1C2C=CC1c1c(C)cccc12.CC(C)=C1C2CCC1c1c(C)cccc12.Cc1cccc2c1C1CCC2C1C(C)C. The van der Waals surface area contributed by atoms with Crippen molar-refractivity contribution in [3.63, 3.8) is 0 Å². The maximum absolute atomic E-state index is 2.40. The monoisotopic (exact) mass is 594 g/mol. The second-order valence-corrected chi connectivity index (χ2v) is 15.8. The van der Waals surface area contributed by atoms with Gasteiger partial charge in [-0.2, -0.15) is 0 Å². The van der Waals surface area contributed by atoms with Gasteiger partial charge in [-0.15, -0.1) is 0 Å². The third kappa shape index (κ3) is 4.77. The Hall–Kier alpha value is -3.12. The number of hydrogen-bond acceptors (Lipinski definition) is 0. The molecule has 0 heteroatoms. The van der Waals surface area contributed by atoms with Gasteiger partial charge in [0.15, 0.2) is 0 Å². The summed E-state index contributed by atoms with van der Waals surface area (Å²) in [4.78, 5) is 0. The maximum Gasteiger partial charge on any atom is 0.0246 e. The predicted octanol–water partition coefficient (Wildman–Crippen LogP) is 12.6. The number of fused-ring (bicyclic) bond motifs is 15. The summed E-state index contributed by atoms with van der Waals surface area (Å²) < 4.78 is 0. The summed E-state index contributed by atoms with van der Waals surface area (Å²) >= 11 is 0. The lowest BCUT2D eigenvalue weighted by Gasteiger charge is -2.20. The molecule has 0 amide bonds. The Balaban J connectivity index is 0.000000108. The number of rotatable bonds is 1. The Morgan fingerprint density at radius 3 is 1.64 bits per heavy atom.